The first-order valence-electron chi connectivity index (χ1n) is 5.53. The standard InChI is InChI=1S/C14H16N2S/c1-10-7-8-16-9-12(10)14(15)11-5-3-4-6-13(11)17-2/h3-9,14H,15H2,1-2H3. The van der Waals surface area contributed by atoms with Crippen molar-refractivity contribution in [3.05, 3.63) is 59.4 Å². The Morgan fingerprint density at radius 2 is 1.94 bits per heavy atom. The van der Waals surface area contributed by atoms with Crippen LogP contribution in [0.1, 0.15) is 22.7 Å². The molecule has 0 aliphatic heterocycles. The minimum atomic E-state index is -0.104. The molecule has 0 saturated heterocycles. The van der Waals surface area contributed by atoms with Crippen LogP contribution in [0.5, 0.6) is 0 Å². The molecule has 1 unspecified atom stereocenters. The van der Waals surface area contributed by atoms with Gasteiger partial charge < -0.3 is 5.73 Å². The van der Waals surface area contributed by atoms with Crippen molar-refractivity contribution in [2.24, 2.45) is 5.73 Å². The summed E-state index contributed by atoms with van der Waals surface area (Å²) in [6, 6.07) is 10.1. The summed E-state index contributed by atoms with van der Waals surface area (Å²) in [7, 11) is 0. The van der Waals surface area contributed by atoms with Crippen LogP contribution in [0.3, 0.4) is 0 Å². The molecule has 0 bridgehead atoms. The molecule has 0 spiro atoms. The van der Waals surface area contributed by atoms with Gasteiger partial charge >= 0.3 is 0 Å². The smallest absolute Gasteiger partial charge is 0.0580 e. The predicted molar refractivity (Wildman–Crippen MR) is 73.2 cm³/mol. The summed E-state index contributed by atoms with van der Waals surface area (Å²) in [5.41, 5.74) is 9.78. The third-order valence-corrected chi connectivity index (χ3v) is 3.70. The van der Waals surface area contributed by atoms with Gasteiger partial charge in [-0.05, 0) is 42.0 Å². The quantitative estimate of drug-likeness (QED) is 0.843. The molecule has 1 aromatic carbocycles. The van der Waals surface area contributed by atoms with Crippen LogP contribution < -0.4 is 5.73 Å². The molecule has 2 nitrogen and oxygen atoms in total. The molecule has 2 aromatic rings. The fourth-order valence-electron chi connectivity index (χ4n) is 1.89. The van der Waals surface area contributed by atoms with E-state index in [0.29, 0.717) is 0 Å². The van der Waals surface area contributed by atoms with E-state index in [2.05, 4.69) is 30.3 Å². The second-order valence-corrected chi connectivity index (χ2v) is 4.80. The van der Waals surface area contributed by atoms with Gasteiger partial charge in [-0.15, -0.1) is 11.8 Å². The first kappa shape index (κ1) is 12.1. The van der Waals surface area contributed by atoms with Gasteiger partial charge in [0.05, 0.1) is 6.04 Å². The van der Waals surface area contributed by atoms with E-state index in [-0.39, 0.29) is 6.04 Å². The number of pyridine rings is 1. The van der Waals surface area contributed by atoms with Crippen molar-refractivity contribution < 1.29 is 0 Å². The zero-order valence-corrected chi connectivity index (χ0v) is 10.9. The maximum absolute atomic E-state index is 6.34. The summed E-state index contributed by atoms with van der Waals surface area (Å²) in [5, 5.41) is 0. The topological polar surface area (TPSA) is 38.9 Å². The Balaban J connectivity index is 2.44. The van der Waals surface area contributed by atoms with Crippen molar-refractivity contribution in [3.63, 3.8) is 0 Å². The second-order valence-electron chi connectivity index (χ2n) is 3.95. The minimum absolute atomic E-state index is 0.104. The molecule has 88 valence electrons. The highest BCUT2D eigenvalue weighted by molar-refractivity contribution is 7.98. The molecule has 0 aliphatic rings. The predicted octanol–water partition coefficient (Wildman–Crippen LogP) is 3.16. The van der Waals surface area contributed by atoms with Crippen LogP contribution in [0.2, 0.25) is 0 Å². The van der Waals surface area contributed by atoms with Crippen LogP contribution in [0.25, 0.3) is 0 Å². The molecule has 0 fully saturated rings. The lowest BCUT2D eigenvalue weighted by molar-refractivity contribution is 0.832. The summed E-state index contributed by atoms with van der Waals surface area (Å²) in [6.45, 7) is 2.07. The molecule has 0 aliphatic carbocycles. The highest BCUT2D eigenvalue weighted by Crippen LogP contribution is 2.29. The number of hydrogen-bond acceptors (Lipinski definition) is 3. The number of nitrogens with two attached hydrogens (primary N) is 1. The summed E-state index contributed by atoms with van der Waals surface area (Å²) in [5.74, 6) is 0. The molecule has 0 radical (unpaired) electrons. The zero-order chi connectivity index (χ0) is 12.3. The molecule has 1 aromatic heterocycles. The van der Waals surface area contributed by atoms with Crippen molar-refractivity contribution in [3.8, 4) is 0 Å². The molecule has 1 heterocycles. The molecule has 3 heteroatoms. The van der Waals surface area contributed by atoms with Gasteiger partial charge in [-0.3, -0.25) is 4.98 Å². The van der Waals surface area contributed by atoms with E-state index in [1.54, 1.807) is 18.0 Å². The molecular weight excluding hydrogens is 228 g/mol. The normalized spacial score (nSPS) is 12.4. The lowest BCUT2D eigenvalue weighted by atomic mass is 9.98. The summed E-state index contributed by atoms with van der Waals surface area (Å²) in [6.07, 6.45) is 5.73. The minimum Gasteiger partial charge on any atom is -0.320 e. The first-order valence-corrected chi connectivity index (χ1v) is 6.75. The van der Waals surface area contributed by atoms with Crippen molar-refractivity contribution in [2.45, 2.75) is 17.9 Å². The lowest BCUT2D eigenvalue weighted by Crippen LogP contribution is -2.14. The molecule has 17 heavy (non-hydrogen) atoms. The van der Waals surface area contributed by atoms with E-state index in [4.69, 9.17) is 5.73 Å². The number of benzene rings is 1. The van der Waals surface area contributed by atoms with Gasteiger partial charge in [0.1, 0.15) is 0 Å². The first-order chi connectivity index (χ1) is 8.24. The van der Waals surface area contributed by atoms with Crippen LogP contribution in [-0.2, 0) is 0 Å². The maximum atomic E-state index is 6.34. The Morgan fingerprint density at radius 3 is 2.65 bits per heavy atom. The Labute approximate surface area is 106 Å². The van der Waals surface area contributed by atoms with E-state index in [9.17, 15) is 0 Å². The molecule has 2 N–H and O–H groups in total. The Kier molecular flexibility index (Phi) is 3.82. The summed E-state index contributed by atoms with van der Waals surface area (Å²) >= 11 is 1.72. The van der Waals surface area contributed by atoms with Crippen LogP contribution in [0, 0.1) is 6.92 Å². The van der Waals surface area contributed by atoms with Crippen molar-refractivity contribution in [1.82, 2.24) is 4.98 Å². The van der Waals surface area contributed by atoms with E-state index in [1.165, 1.54) is 10.5 Å². The third kappa shape index (κ3) is 2.51. The van der Waals surface area contributed by atoms with E-state index in [1.807, 2.05) is 24.4 Å². The van der Waals surface area contributed by atoms with Gasteiger partial charge in [-0.2, -0.15) is 0 Å². The Bertz CT molecular complexity index is 511. The molecular formula is C14H16N2S. The van der Waals surface area contributed by atoms with Gasteiger partial charge in [0.15, 0.2) is 0 Å². The average molecular weight is 244 g/mol. The monoisotopic (exact) mass is 244 g/mol. The number of hydrogen-bond donors (Lipinski definition) is 1. The van der Waals surface area contributed by atoms with Crippen LogP contribution >= 0.6 is 11.8 Å². The van der Waals surface area contributed by atoms with Crippen LogP contribution in [0.4, 0.5) is 0 Å². The molecule has 2 rings (SSSR count). The van der Waals surface area contributed by atoms with Crippen LogP contribution in [-0.4, -0.2) is 11.2 Å². The largest absolute Gasteiger partial charge is 0.320 e. The third-order valence-electron chi connectivity index (χ3n) is 2.89. The second kappa shape index (κ2) is 5.34. The van der Waals surface area contributed by atoms with Crippen molar-refractivity contribution in [2.75, 3.05) is 6.26 Å². The maximum Gasteiger partial charge on any atom is 0.0580 e. The van der Waals surface area contributed by atoms with Crippen molar-refractivity contribution in [1.29, 1.82) is 0 Å². The number of rotatable bonds is 3. The van der Waals surface area contributed by atoms with Gasteiger partial charge in [-0.1, -0.05) is 18.2 Å². The number of thioether (sulfide) groups is 1. The Hall–Kier alpha value is -1.32. The van der Waals surface area contributed by atoms with Crippen LogP contribution in [0.15, 0.2) is 47.6 Å². The highest BCUT2D eigenvalue weighted by atomic mass is 32.2. The number of aromatic nitrogens is 1. The van der Waals surface area contributed by atoms with Gasteiger partial charge in [0, 0.05) is 17.3 Å². The molecule has 0 amide bonds. The molecule has 0 saturated carbocycles. The average Bonchev–Trinajstić information content (AvgIpc) is 2.38. The Morgan fingerprint density at radius 1 is 1.18 bits per heavy atom. The number of aryl methyl sites for hydroxylation is 1. The SMILES string of the molecule is CSc1ccccc1C(N)c1cnccc1C. The van der Waals surface area contributed by atoms with Gasteiger partial charge in [0.25, 0.3) is 0 Å². The zero-order valence-electron chi connectivity index (χ0n) is 10.1. The fourth-order valence-corrected chi connectivity index (χ4v) is 2.54. The van der Waals surface area contributed by atoms with E-state index in [0.717, 1.165) is 11.1 Å². The highest BCUT2D eigenvalue weighted by Gasteiger charge is 2.14. The van der Waals surface area contributed by atoms with Gasteiger partial charge in [0.2, 0.25) is 0 Å². The van der Waals surface area contributed by atoms with Gasteiger partial charge in [-0.25, -0.2) is 0 Å². The number of nitrogens with zero attached hydrogens (tertiary/aromatic N) is 1. The molecule has 1 atom stereocenters. The fraction of sp³-hybridized carbons (Fsp3) is 0.214. The summed E-state index contributed by atoms with van der Waals surface area (Å²) in [4.78, 5) is 5.39. The van der Waals surface area contributed by atoms with Crippen molar-refractivity contribution >= 4 is 11.8 Å². The van der Waals surface area contributed by atoms with E-state index < -0.39 is 0 Å². The van der Waals surface area contributed by atoms with E-state index >= 15 is 0 Å². The lowest BCUT2D eigenvalue weighted by Gasteiger charge is -2.17. The summed E-state index contributed by atoms with van der Waals surface area (Å²) < 4.78 is 0.